The SMILES string of the molecule is CC(C)(C)CC(=O)N1CCC[C@H]1c1nc2cccc(S(C)(=O)=O)c2c(=O)n1-c1cccc(F)c1. The first-order valence-electron chi connectivity index (χ1n) is 11.2. The summed E-state index contributed by atoms with van der Waals surface area (Å²) in [5.74, 6) is -0.285. The van der Waals surface area contributed by atoms with Crippen LogP contribution in [0.25, 0.3) is 16.6 Å². The second-order valence-corrected chi connectivity index (χ2v) is 12.0. The number of likely N-dealkylation sites (tertiary alicyclic amines) is 1. The van der Waals surface area contributed by atoms with Gasteiger partial charge in [-0.3, -0.25) is 14.2 Å². The minimum atomic E-state index is -3.73. The standard InChI is InChI=1S/C25H28FN3O4S/c1-25(2,3)15-21(30)28-13-7-11-19(28)23-27-18-10-6-12-20(34(4,32)33)22(18)24(31)29(23)17-9-5-8-16(26)14-17/h5-6,8-10,12,14,19H,7,11,13,15H2,1-4H3/t19-/m0/s1. The van der Waals surface area contributed by atoms with Crippen LogP contribution in [0.4, 0.5) is 4.39 Å². The summed E-state index contributed by atoms with van der Waals surface area (Å²) in [5.41, 5.74) is -0.367. The smallest absolute Gasteiger partial charge is 0.267 e. The van der Waals surface area contributed by atoms with Gasteiger partial charge in [0, 0.05) is 19.2 Å². The van der Waals surface area contributed by atoms with E-state index in [0.29, 0.717) is 25.2 Å². The predicted molar refractivity (Wildman–Crippen MR) is 128 cm³/mol. The van der Waals surface area contributed by atoms with E-state index in [2.05, 4.69) is 0 Å². The van der Waals surface area contributed by atoms with Crippen LogP contribution in [0.5, 0.6) is 0 Å². The van der Waals surface area contributed by atoms with Crippen LogP contribution in [-0.2, 0) is 14.6 Å². The second kappa shape index (κ2) is 8.61. The van der Waals surface area contributed by atoms with E-state index in [1.165, 1.54) is 28.8 Å². The van der Waals surface area contributed by atoms with E-state index in [0.717, 1.165) is 12.7 Å². The minimum absolute atomic E-state index is 0.0416. The van der Waals surface area contributed by atoms with Crippen LogP contribution in [0.3, 0.4) is 0 Å². The van der Waals surface area contributed by atoms with Crippen molar-refractivity contribution in [1.82, 2.24) is 14.5 Å². The van der Waals surface area contributed by atoms with E-state index in [1.54, 1.807) is 23.1 Å². The van der Waals surface area contributed by atoms with E-state index >= 15 is 0 Å². The van der Waals surface area contributed by atoms with Gasteiger partial charge >= 0.3 is 0 Å². The minimum Gasteiger partial charge on any atom is -0.332 e. The van der Waals surface area contributed by atoms with Gasteiger partial charge in [-0.15, -0.1) is 0 Å². The number of carbonyl (C=O) groups is 1. The third-order valence-electron chi connectivity index (χ3n) is 5.90. The number of hydrogen-bond acceptors (Lipinski definition) is 5. The van der Waals surface area contributed by atoms with Crippen LogP contribution in [0.1, 0.15) is 51.9 Å². The van der Waals surface area contributed by atoms with E-state index in [-0.39, 0.29) is 32.8 Å². The fourth-order valence-electron chi connectivity index (χ4n) is 4.50. The molecular weight excluding hydrogens is 457 g/mol. The zero-order chi connectivity index (χ0) is 24.8. The molecule has 2 heterocycles. The molecule has 34 heavy (non-hydrogen) atoms. The number of fused-ring (bicyclic) bond motifs is 1. The van der Waals surface area contributed by atoms with Crippen molar-refractivity contribution in [3.8, 4) is 5.69 Å². The molecule has 0 spiro atoms. The Morgan fingerprint density at radius 3 is 2.53 bits per heavy atom. The topological polar surface area (TPSA) is 89.3 Å². The van der Waals surface area contributed by atoms with Gasteiger partial charge in [0.05, 0.1) is 27.5 Å². The summed E-state index contributed by atoms with van der Waals surface area (Å²) in [4.78, 5) is 33.3. The average molecular weight is 486 g/mol. The Labute approximate surface area is 198 Å². The Morgan fingerprint density at radius 1 is 1.18 bits per heavy atom. The molecule has 1 atom stereocenters. The summed E-state index contributed by atoms with van der Waals surface area (Å²) >= 11 is 0. The van der Waals surface area contributed by atoms with Gasteiger partial charge in [-0.25, -0.2) is 17.8 Å². The van der Waals surface area contributed by atoms with Crippen molar-refractivity contribution in [3.63, 3.8) is 0 Å². The van der Waals surface area contributed by atoms with Crippen LogP contribution in [0, 0.1) is 11.2 Å². The lowest BCUT2D eigenvalue weighted by Gasteiger charge is -2.29. The molecule has 3 aromatic rings. The number of sulfone groups is 1. The number of rotatable bonds is 4. The monoisotopic (exact) mass is 485 g/mol. The summed E-state index contributed by atoms with van der Waals surface area (Å²) in [6, 6.07) is 9.52. The normalized spacial score (nSPS) is 16.9. The molecule has 0 radical (unpaired) electrons. The van der Waals surface area contributed by atoms with Gasteiger partial charge in [-0.05, 0) is 48.6 Å². The Balaban J connectivity index is 2.01. The fourth-order valence-corrected chi connectivity index (χ4v) is 5.39. The van der Waals surface area contributed by atoms with Gasteiger partial charge in [0.1, 0.15) is 11.6 Å². The lowest BCUT2D eigenvalue weighted by Crippen LogP contribution is -2.36. The summed E-state index contributed by atoms with van der Waals surface area (Å²) in [6.45, 7) is 6.49. The van der Waals surface area contributed by atoms with Gasteiger partial charge < -0.3 is 4.90 Å². The Morgan fingerprint density at radius 2 is 1.88 bits per heavy atom. The van der Waals surface area contributed by atoms with Crippen molar-refractivity contribution in [2.24, 2.45) is 5.41 Å². The van der Waals surface area contributed by atoms with E-state index in [4.69, 9.17) is 4.98 Å². The molecule has 0 saturated carbocycles. The maximum atomic E-state index is 14.2. The predicted octanol–water partition coefficient (Wildman–Crippen LogP) is 4.03. The van der Waals surface area contributed by atoms with Crippen LogP contribution in [0.15, 0.2) is 52.2 Å². The quantitative estimate of drug-likeness (QED) is 0.557. The van der Waals surface area contributed by atoms with Gasteiger partial charge in [0.2, 0.25) is 5.91 Å². The van der Waals surface area contributed by atoms with Gasteiger partial charge in [0.15, 0.2) is 9.84 Å². The molecule has 7 nitrogen and oxygen atoms in total. The molecule has 1 saturated heterocycles. The van der Waals surface area contributed by atoms with E-state index in [9.17, 15) is 22.4 Å². The second-order valence-electron chi connectivity index (χ2n) is 10.00. The average Bonchev–Trinajstić information content (AvgIpc) is 3.21. The molecule has 1 amide bonds. The largest absolute Gasteiger partial charge is 0.332 e. The third-order valence-corrected chi connectivity index (χ3v) is 7.04. The van der Waals surface area contributed by atoms with E-state index in [1.807, 2.05) is 20.8 Å². The van der Waals surface area contributed by atoms with Crippen LogP contribution >= 0.6 is 0 Å². The lowest BCUT2D eigenvalue weighted by atomic mass is 9.91. The Hall–Kier alpha value is -3.07. The molecule has 0 aliphatic carbocycles. The number of benzene rings is 2. The molecule has 2 aromatic carbocycles. The lowest BCUT2D eigenvalue weighted by molar-refractivity contribution is -0.134. The number of amides is 1. The van der Waals surface area contributed by atoms with Gasteiger partial charge in [-0.1, -0.05) is 32.9 Å². The van der Waals surface area contributed by atoms with Crippen molar-refractivity contribution in [2.75, 3.05) is 12.8 Å². The van der Waals surface area contributed by atoms with E-state index < -0.39 is 27.3 Å². The summed E-state index contributed by atoms with van der Waals surface area (Å²) in [5, 5.41) is -0.0522. The van der Waals surface area contributed by atoms with Crippen molar-refractivity contribution in [1.29, 1.82) is 0 Å². The van der Waals surface area contributed by atoms with Crippen molar-refractivity contribution >= 4 is 26.6 Å². The highest BCUT2D eigenvalue weighted by Crippen LogP contribution is 2.35. The molecule has 4 rings (SSSR count). The number of carbonyl (C=O) groups excluding carboxylic acids is 1. The zero-order valence-corrected chi connectivity index (χ0v) is 20.5. The summed E-state index contributed by atoms with van der Waals surface area (Å²) in [6.07, 6.45) is 2.70. The fraction of sp³-hybridized carbons (Fsp3) is 0.400. The highest BCUT2D eigenvalue weighted by Gasteiger charge is 2.35. The Kier molecular flexibility index (Phi) is 6.10. The molecule has 1 aromatic heterocycles. The molecule has 1 fully saturated rings. The van der Waals surface area contributed by atoms with Gasteiger partial charge in [-0.2, -0.15) is 0 Å². The first-order chi connectivity index (χ1) is 15.9. The molecule has 1 aliphatic rings. The first-order valence-corrected chi connectivity index (χ1v) is 13.1. The highest BCUT2D eigenvalue weighted by molar-refractivity contribution is 7.91. The van der Waals surface area contributed by atoms with Crippen molar-refractivity contribution in [3.05, 3.63) is 64.5 Å². The summed E-state index contributed by atoms with van der Waals surface area (Å²) < 4.78 is 40.3. The summed E-state index contributed by atoms with van der Waals surface area (Å²) in [7, 11) is -3.73. The number of aromatic nitrogens is 2. The molecule has 1 aliphatic heterocycles. The molecule has 180 valence electrons. The van der Waals surface area contributed by atoms with Crippen molar-refractivity contribution < 1.29 is 17.6 Å². The number of nitrogens with zero attached hydrogens (tertiary/aromatic N) is 3. The molecule has 0 bridgehead atoms. The maximum Gasteiger partial charge on any atom is 0.267 e. The number of halogens is 1. The van der Waals surface area contributed by atoms with Gasteiger partial charge in [0.25, 0.3) is 5.56 Å². The van der Waals surface area contributed by atoms with Crippen LogP contribution in [-0.4, -0.2) is 41.6 Å². The van der Waals surface area contributed by atoms with Crippen LogP contribution in [0.2, 0.25) is 0 Å². The molecular formula is C25H28FN3O4S. The van der Waals surface area contributed by atoms with Crippen LogP contribution < -0.4 is 5.56 Å². The molecule has 9 heteroatoms. The third kappa shape index (κ3) is 4.61. The first kappa shape index (κ1) is 24.1. The Bertz CT molecular complexity index is 1440. The van der Waals surface area contributed by atoms with Crippen molar-refractivity contribution in [2.45, 2.75) is 51.0 Å². The maximum absolute atomic E-state index is 14.2. The molecule has 0 unspecified atom stereocenters. The number of hydrogen-bond donors (Lipinski definition) is 0. The highest BCUT2D eigenvalue weighted by atomic mass is 32.2. The zero-order valence-electron chi connectivity index (χ0n) is 19.7. The molecule has 0 N–H and O–H groups in total.